The van der Waals surface area contributed by atoms with E-state index >= 15 is 0 Å². The van der Waals surface area contributed by atoms with E-state index in [1.165, 1.54) is 17.7 Å². The first kappa shape index (κ1) is 8.38. The largest absolute Gasteiger partial charge is 0.315 e. The van der Waals surface area contributed by atoms with Gasteiger partial charge >= 0.3 is 0 Å². The van der Waals surface area contributed by atoms with Crippen LogP contribution in [-0.2, 0) is 0 Å². The van der Waals surface area contributed by atoms with E-state index in [4.69, 9.17) is 0 Å². The Morgan fingerprint density at radius 1 is 1.14 bits per heavy atom. The summed E-state index contributed by atoms with van der Waals surface area (Å²) < 4.78 is 12.7. The summed E-state index contributed by atoms with van der Waals surface area (Å²) in [5.74, 6) is -0.158. The van der Waals surface area contributed by atoms with Gasteiger partial charge in [0.2, 0.25) is 0 Å². The zero-order chi connectivity index (χ0) is 9.60. The number of hydrogen-bond acceptors (Lipinski definition) is 2. The molecule has 0 aromatic heterocycles. The van der Waals surface area contributed by atoms with E-state index in [1.807, 2.05) is 12.1 Å². The smallest absolute Gasteiger partial charge is 0.123 e. The zero-order valence-electron chi connectivity index (χ0n) is 7.89. The van der Waals surface area contributed by atoms with Crippen molar-refractivity contribution < 1.29 is 4.39 Å². The summed E-state index contributed by atoms with van der Waals surface area (Å²) in [4.78, 5) is 0. The van der Waals surface area contributed by atoms with Crippen LogP contribution in [0, 0.1) is 11.2 Å². The highest BCUT2D eigenvalue weighted by atomic mass is 19.1. The fourth-order valence-electron chi connectivity index (χ4n) is 2.39. The van der Waals surface area contributed by atoms with Crippen LogP contribution in [0.3, 0.4) is 0 Å². The fraction of sp³-hybridized carbons (Fsp3) is 0.455. The lowest BCUT2D eigenvalue weighted by Gasteiger charge is -2.57. The molecule has 2 N–H and O–H groups in total. The van der Waals surface area contributed by atoms with Crippen LogP contribution in [0.2, 0.25) is 0 Å². The minimum Gasteiger partial charge on any atom is -0.315 e. The summed E-state index contributed by atoms with van der Waals surface area (Å²) in [6.07, 6.45) is 0. The van der Waals surface area contributed by atoms with Crippen molar-refractivity contribution >= 4 is 0 Å². The van der Waals surface area contributed by atoms with Gasteiger partial charge in [-0.1, -0.05) is 12.1 Å². The predicted molar refractivity (Wildman–Crippen MR) is 52.4 cm³/mol. The Morgan fingerprint density at radius 2 is 1.86 bits per heavy atom. The van der Waals surface area contributed by atoms with Crippen LogP contribution in [0.4, 0.5) is 4.39 Å². The maximum Gasteiger partial charge on any atom is 0.123 e. The van der Waals surface area contributed by atoms with E-state index < -0.39 is 0 Å². The highest BCUT2D eigenvalue weighted by molar-refractivity contribution is 5.28. The van der Waals surface area contributed by atoms with Gasteiger partial charge in [-0.3, -0.25) is 0 Å². The molecule has 2 nitrogen and oxygen atoms in total. The summed E-state index contributed by atoms with van der Waals surface area (Å²) >= 11 is 0. The molecule has 0 amide bonds. The van der Waals surface area contributed by atoms with Gasteiger partial charge in [-0.2, -0.15) is 0 Å². The van der Waals surface area contributed by atoms with Gasteiger partial charge in [0, 0.05) is 31.1 Å². The molecule has 2 aliphatic rings. The third-order valence-electron chi connectivity index (χ3n) is 3.43. The lowest BCUT2D eigenvalue weighted by atomic mass is 9.66. The van der Waals surface area contributed by atoms with Gasteiger partial charge in [-0.05, 0) is 17.7 Å². The molecule has 3 rings (SSSR count). The Labute approximate surface area is 82.5 Å². The molecule has 0 saturated carbocycles. The first-order valence-corrected chi connectivity index (χ1v) is 5.00. The molecule has 0 aliphatic carbocycles. The highest BCUT2D eigenvalue weighted by Gasteiger charge is 2.51. The molecule has 1 aromatic carbocycles. The van der Waals surface area contributed by atoms with Crippen LogP contribution in [0.25, 0.3) is 0 Å². The molecule has 3 heteroatoms. The molecule has 1 atom stereocenters. The molecule has 0 unspecified atom stereocenters. The summed E-state index contributed by atoms with van der Waals surface area (Å²) in [7, 11) is 0. The zero-order valence-corrected chi connectivity index (χ0v) is 7.89. The van der Waals surface area contributed by atoms with Crippen LogP contribution in [-0.4, -0.2) is 19.6 Å². The topological polar surface area (TPSA) is 24.1 Å². The van der Waals surface area contributed by atoms with Crippen LogP contribution in [0.15, 0.2) is 24.3 Å². The van der Waals surface area contributed by atoms with Crippen molar-refractivity contribution in [3.8, 4) is 0 Å². The molecule has 74 valence electrons. The van der Waals surface area contributed by atoms with Gasteiger partial charge in [0.05, 0.1) is 0 Å². The van der Waals surface area contributed by atoms with Crippen LogP contribution < -0.4 is 10.6 Å². The molecule has 0 bridgehead atoms. The van der Waals surface area contributed by atoms with Crippen molar-refractivity contribution in [3.05, 3.63) is 35.6 Å². The Bertz CT molecular complexity index is 337. The molecule has 14 heavy (non-hydrogen) atoms. The normalized spacial score (nSPS) is 28.2. The van der Waals surface area contributed by atoms with Crippen molar-refractivity contribution in [1.82, 2.24) is 10.6 Å². The Kier molecular flexibility index (Phi) is 1.66. The molecule has 1 aromatic rings. The third-order valence-corrected chi connectivity index (χ3v) is 3.43. The first-order chi connectivity index (χ1) is 6.80. The molecular weight excluding hydrogens is 179 g/mol. The second kappa shape index (κ2) is 2.78. The Hall–Kier alpha value is -0.930. The summed E-state index contributed by atoms with van der Waals surface area (Å²) in [5, 5.41) is 6.71. The van der Waals surface area contributed by atoms with E-state index in [0.29, 0.717) is 11.5 Å². The standard InChI is InChI=1S/C11H13FN2/c12-9-3-1-8(2-4-9)10-11(7-14-10)5-13-6-11/h1-4,10,13-14H,5-7H2/t10-/m0/s1. The molecule has 1 spiro atoms. The molecule has 2 aliphatic heterocycles. The predicted octanol–water partition coefficient (Wildman–Crippen LogP) is 1.06. The lowest BCUT2D eigenvalue weighted by Crippen LogP contribution is -2.71. The SMILES string of the molecule is Fc1ccc([C@@H]2NCC23CNC3)cc1. The van der Waals surface area contributed by atoms with E-state index in [2.05, 4.69) is 10.6 Å². The second-order valence-corrected chi connectivity index (χ2v) is 4.33. The molecule has 2 heterocycles. The number of rotatable bonds is 1. The first-order valence-electron chi connectivity index (χ1n) is 5.00. The molecular formula is C11H13FN2. The Morgan fingerprint density at radius 3 is 2.29 bits per heavy atom. The molecule has 0 radical (unpaired) electrons. The molecule has 2 saturated heterocycles. The lowest BCUT2D eigenvalue weighted by molar-refractivity contribution is 0.0206. The van der Waals surface area contributed by atoms with Crippen LogP contribution in [0.1, 0.15) is 11.6 Å². The van der Waals surface area contributed by atoms with Crippen molar-refractivity contribution in [3.63, 3.8) is 0 Å². The van der Waals surface area contributed by atoms with Crippen molar-refractivity contribution in [2.75, 3.05) is 19.6 Å². The number of nitrogens with one attached hydrogen (secondary N) is 2. The Balaban J connectivity index is 1.85. The van der Waals surface area contributed by atoms with Crippen molar-refractivity contribution in [1.29, 1.82) is 0 Å². The van der Waals surface area contributed by atoms with E-state index in [0.717, 1.165) is 19.6 Å². The summed E-state index contributed by atoms with van der Waals surface area (Å²) in [5.41, 5.74) is 1.62. The number of benzene rings is 1. The average Bonchev–Trinajstić information content (AvgIpc) is 2.04. The summed E-state index contributed by atoms with van der Waals surface area (Å²) in [6, 6.07) is 7.26. The minimum atomic E-state index is -0.158. The van der Waals surface area contributed by atoms with Gasteiger partial charge in [-0.25, -0.2) is 4.39 Å². The van der Waals surface area contributed by atoms with Gasteiger partial charge in [0.1, 0.15) is 5.82 Å². The van der Waals surface area contributed by atoms with Gasteiger partial charge in [0.15, 0.2) is 0 Å². The van der Waals surface area contributed by atoms with Gasteiger partial charge in [0.25, 0.3) is 0 Å². The number of halogens is 1. The van der Waals surface area contributed by atoms with Crippen molar-refractivity contribution in [2.45, 2.75) is 6.04 Å². The monoisotopic (exact) mass is 192 g/mol. The fourth-order valence-corrected chi connectivity index (χ4v) is 2.39. The average molecular weight is 192 g/mol. The van der Waals surface area contributed by atoms with E-state index in [1.54, 1.807) is 0 Å². The summed E-state index contributed by atoms with van der Waals surface area (Å²) in [6.45, 7) is 3.26. The third kappa shape index (κ3) is 1.03. The van der Waals surface area contributed by atoms with Gasteiger partial charge < -0.3 is 10.6 Å². The van der Waals surface area contributed by atoms with Crippen molar-refractivity contribution in [2.24, 2.45) is 5.41 Å². The van der Waals surface area contributed by atoms with Crippen LogP contribution >= 0.6 is 0 Å². The molecule has 2 fully saturated rings. The van der Waals surface area contributed by atoms with E-state index in [9.17, 15) is 4.39 Å². The van der Waals surface area contributed by atoms with Crippen LogP contribution in [0.5, 0.6) is 0 Å². The highest BCUT2D eigenvalue weighted by Crippen LogP contribution is 2.43. The maximum absolute atomic E-state index is 12.7. The van der Waals surface area contributed by atoms with Gasteiger partial charge in [-0.15, -0.1) is 0 Å². The van der Waals surface area contributed by atoms with E-state index in [-0.39, 0.29) is 5.82 Å². The maximum atomic E-state index is 12.7. The minimum absolute atomic E-state index is 0.158. The second-order valence-electron chi connectivity index (χ2n) is 4.33. The quantitative estimate of drug-likeness (QED) is 0.695. The number of hydrogen-bond donors (Lipinski definition) is 2.